The Morgan fingerprint density at radius 2 is 1.86 bits per heavy atom. The van der Waals surface area contributed by atoms with Crippen LogP contribution >= 0.6 is 0 Å². The number of aryl methyl sites for hydroxylation is 1. The van der Waals surface area contributed by atoms with E-state index >= 15 is 0 Å². The van der Waals surface area contributed by atoms with E-state index in [0.717, 1.165) is 13.1 Å². The molecule has 7 nitrogen and oxygen atoms in total. The van der Waals surface area contributed by atoms with Crippen molar-refractivity contribution >= 4 is 16.0 Å². The van der Waals surface area contributed by atoms with Gasteiger partial charge in [0, 0.05) is 26.2 Å². The monoisotopic (exact) mass is 313 g/mol. The van der Waals surface area contributed by atoms with Crippen LogP contribution in [0.5, 0.6) is 0 Å². The van der Waals surface area contributed by atoms with E-state index in [2.05, 4.69) is 9.73 Å². The van der Waals surface area contributed by atoms with Crippen molar-refractivity contribution < 1.29 is 18.3 Å². The standard InChI is InChI=1S/C13H19N3O4S/c1-10-3-4-11(9-12(10)13(17)18)21(19,20)14-16-7-5-15(2)6-8-16/h3-4,9,14H,5-8H2,1-2H3,(H,17,18). The molecule has 1 aliphatic rings. The maximum atomic E-state index is 12.3. The minimum atomic E-state index is -3.76. The molecule has 0 atom stereocenters. The minimum Gasteiger partial charge on any atom is -0.478 e. The van der Waals surface area contributed by atoms with E-state index in [1.54, 1.807) is 11.9 Å². The smallest absolute Gasteiger partial charge is 0.335 e. The number of nitrogens with zero attached hydrogens (tertiary/aromatic N) is 2. The summed E-state index contributed by atoms with van der Waals surface area (Å²) in [5.74, 6) is -1.14. The van der Waals surface area contributed by atoms with Crippen molar-refractivity contribution in [3.63, 3.8) is 0 Å². The van der Waals surface area contributed by atoms with Crippen LogP contribution in [0.2, 0.25) is 0 Å². The lowest BCUT2D eigenvalue weighted by molar-refractivity contribution is 0.0696. The normalized spacial score (nSPS) is 17.8. The Kier molecular flexibility index (Phi) is 4.62. The number of likely N-dealkylation sites (N-methyl/N-ethyl adjacent to an activating group) is 1. The maximum Gasteiger partial charge on any atom is 0.335 e. The molecule has 1 saturated heterocycles. The average molecular weight is 313 g/mol. The van der Waals surface area contributed by atoms with Crippen molar-refractivity contribution in [3.8, 4) is 0 Å². The molecule has 1 aromatic rings. The SMILES string of the molecule is Cc1ccc(S(=O)(=O)NN2CCN(C)CC2)cc1C(=O)O. The molecule has 1 aromatic carbocycles. The number of piperazine rings is 1. The molecular formula is C13H19N3O4S. The summed E-state index contributed by atoms with van der Waals surface area (Å²) in [7, 11) is -1.78. The van der Waals surface area contributed by atoms with Gasteiger partial charge in [0.25, 0.3) is 10.0 Å². The fraction of sp³-hybridized carbons (Fsp3) is 0.462. The lowest BCUT2D eigenvalue weighted by Crippen LogP contribution is -2.52. The fourth-order valence-corrected chi connectivity index (χ4v) is 3.27. The quantitative estimate of drug-likeness (QED) is 0.821. The van der Waals surface area contributed by atoms with E-state index in [1.807, 2.05) is 7.05 Å². The van der Waals surface area contributed by atoms with Gasteiger partial charge in [-0.05, 0) is 31.7 Å². The lowest BCUT2D eigenvalue weighted by atomic mass is 10.1. The summed E-state index contributed by atoms with van der Waals surface area (Å²) in [6.07, 6.45) is 0. The van der Waals surface area contributed by atoms with Crippen molar-refractivity contribution in [1.82, 2.24) is 14.7 Å². The van der Waals surface area contributed by atoms with Crippen LogP contribution in [0, 0.1) is 6.92 Å². The molecule has 1 fully saturated rings. The van der Waals surface area contributed by atoms with Crippen molar-refractivity contribution in [2.24, 2.45) is 0 Å². The number of carboxylic acids is 1. The van der Waals surface area contributed by atoms with Crippen LogP contribution in [-0.2, 0) is 10.0 Å². The highest BCUT2D eigenvalue weighted by Crippen LogP contribution is 2.16. The third-order valence-corrected chi connectivity index (χ3v) is 4.88. The molecule has 0 unspecified atom stereocenters. The van der Waals surface area contributed by atoms with Crippen molar-refractivity contribution in [2.75, 3.05) is 33.2 Å². The second kappa shape index (κ2) is 6.10. The van der Waals surface area contributed by atoms with Gasteiger partial charge >= 0.3 is 5.97 Å². The number of hydrazine groups is 1. The van der Waals surface area contributed by atoms with Gasteiger partial charge < -0.3 is 10.0 Å². The molecule has 8 heteroatoms. The van der Waals surface area contributed by atoms with Crippen molar-refractivity contribution in [1.29, 1.82) is 0 Å². The molecule has 1 heterocycles. The van der Waals surface area contributed by atoms with E-state index in [1.165, 1.54) is 18.2 Å². The van der Waals surface area contributed by atoms with Crippen LogP contribution in [0.3, 0.4) is 0 Å². The number of carboxylic acid groups (broad SMARTS) is 1. The molecule has 0 bridgehead atoms. The summed E-state index contributed by atoms with van der Waals surface area (Å²) in [6.45, 7) is 4.36. The fourth-order valence-electron chi connectivity index (χ4n) is 2.12. The van der Waals surface area contributed by atoms with Crippen LogP contribution in [0.1, 0.15) is 15.9 Å². The summed E-state index contributed by atoms with van der Waals surface area (Å²) in [5.41, 5.74) is 0.525. The highest BCUT2D eigenvalue weighted by molar-refractivity contribution is 7.89. The lowest BCUT2D eigenvalue weighted by Gasteiger charge is -2.32. The van der Waals surface area contributed by atoms with E-state index in [9.17, 15) is 13.2 Å². The Hall–Kier alpha value is -1.48. The zero-order chi connectivity index (χ0) is 15.6. The second-order valence-corrected chi connectivity index (χ2v) is 6.83. The van der Waals surface area contributed by atoms with Crippen molar-refractivity contribution in [2.45, 2.75) is 11.8 Å². The van der Waals surface area contributed by atoms with Crippen LogP contribution in [0.15, 0.2) is 23.1 Å². The molecule has 116 valence electrons. The predicted molar refractivity (Wildman–Crippen MR) is 77.5 cm³/mol. The van der Waals surface area contributed by atoms with Crippen LogP contribution < -0.4 is 4.83 Å². The van der Waals surface area contributed by atoms with E-state index in [0.29, 0.717) is 18.7 Å². The van der Waals surface area contributed by atoms with Gasteiger partial charge in [-0.25, -0.2) is 18.2 Å². The number of aromatic carboxylic acids is 1. The van der Waals surface area contributed by atoms with Gasteiger partial charge in [-0.1, -0.05) is 6.07 Å². The van der Waals surface area contributed by atoms with Gasteiger partial charge in [0.2, 0.25) is 0 Å². The molecule has 0 aromatic heterocycles. The first-order valence-electron chi connectivity index (χ1n) is 6.59. The third-order valence-electron chi connectivity index (χ3n) is 3.50. The van der Waals surface area contributed by atoms with E-state index in [-0.39, 0.29) is 10.5 Å². The van der Waals surface area contributed by atoms with Gasteiger partial charge in [0.1, 0.15) is 0 Å². The Morgan fingerprint density at radius 3 is 2.43 bits per heavy atom. The number of rotatable bonds is 4. The molecule has 2 rings (SSSR count). The van der Waals surface area contributed by atoms with Crippen LogP contribution in [0.4, 0.5) is 0 Å². The number of sulfonamides is 1. The Bertz CT molecular complexity index is 637. The summed E-state index contributed by atoms with van der Waals surface area (Å²) in [5, 5.41) is 10.7. The van der Waals surface area contributed by atoms with Gasteiger partial charge in [-0.15, -0.1) is 4.83 Å². The molecule has 0 aliphatic carbocycles. The number of benzene rings is 1. The van der Waals surface area contributed by atoms with Crippen LogP contribution in [0.25, 0.3) is 0 Å². The number of carbonyl (C=O) groups is 1. The molecule has 0 radical (unpaired) electrons. The Balaban J connectivity index is 2.20. The van der Waals surface area contributed by atoms with E-state index < -0.39 is 16.0 Å². The topological polar surface area (TPSA) is 90.0 Å². The molecule has 0 amide bonds. The number of nitrogens with one attached hydrogen (secondary N) is 1. The van der Waals surface area contributed by atoms with E-state index in [4.69, 9.17) is 5.11 Å². The molecule has 0 saturated carbocycles. The average Bonchev–Trinajstić information content (AvgIpc) is 2.41. The van der Waals surface area contributed by atoms with Gasteiger partial charge in [-0.2, -0.15) is 0 Å². The zero-order valence-corrected chi connectivity index (χ0v) is 12.9. The van der Waals surface area contributed by atoms with Crippen molar-refractivity contribution in [3.05, 3.63) is 29.3 Å². The maximum absolute atomic E-state index is 12.3. The highest BCUT2D eigenvalue weighted by atomic mass is 32.2. The summed E-state index contributed by atoms with van der Waals surface area (Å²) < 4.78 is 24.6. The van der Waals surface area contributed by atoms with Crippen LogP contribution in [-0.4, -0.2) is 62.6 Å². The third kappa shape index (κ3) is 3.79. The Labute approximate surface area is 124 Å². The first kappa shape index (κ1) is 15.9. The Morgan fingerprint density at radius 1 is 1.24 bits per heavy atom. The van der Waals surface area contributed by atoms with Gasteiger partial charge in [-0.3, -0.25) is 0 Å². The molecular weight excluding hydrogens is 294 g/mol. The second-order valence-electron chi connectivity index (χ2n) is 5.17. The number of hydrogen-bond acceptors (Lipinski definition) is 5. The molecule has 2 N–H and O–H groups in total. The first-order chi connectivity index (χ1) is 9.79. The zero-order valence-electron chi connectivity index (χ0n) is 12.0. The summed E-state index contributed by atoms with van der Waals surface area (Å²) in [4.78, 5) is 15.7. The molecule has 1 aliphatic heterocycles. The predicted octanol–water partition coefficient (Wildman–Crippen LogP) is 0.134. The summed E-state index contributed by atoms with van der Waals surface area (Å²) in [6, 6.07) is 4.11. The molecule has 0 spiro atoms. The minimum absolute atomic E-state index is 0.00347. The van der Waals surface area contributed by atoms with Gasteiger partial charge in [0.15, 0.2) is 0 Å². The first-order valence-corrected chi connectivity index (χ1v) is 8.08. The largest absolute Gasteiger partial charge is 0.478 e. The summed E-state index contributed by atoms with van der Waals surface area (Å²) >= 11 is 0. The van der Waals surface area contributed by atoms with Gasteiger partial charge in [0.05, 0.1) is 10.5 Å². The molecule has 21 heavy (non-hydrogen) atoms. The number of hydrogen-bond donors (Lipinski definition) is 2. The highest BCUT2D eigenvalue weighted by Gasteiger charge is 2.22.